The van der Waals surface area contributed by atoms with Gasteiger partial charge in [0.05, 0.1) is 0 Å². The molecule has 1 amide bonds. The van der Waals surface area contributed by atoms with Crippen LogP contribution in [0.2, 0.25) is 0 Å². The first kappa shape index (κ1) is 13.5. The molecule has 1 aromatic rings. The van der Waals surface area contributed by atoms with Crippen molar-refractivity contribution < 1.29 is 4.79 Å². The molecule has 0 fully saturated rings. The Hall–Kier alpha value is -1.58. The molecule has 0 aliphatic heterocycles. The summed E-state index contributed by atoms with van der Waals surface area (Å²) < 4.78 is 0. The fourth-order valence-electron chi connectivity index (χ4n) is 1.64. The lowest BCUT2D eigenvalue weighted by molar-refractivity contribution is 0.0955. The van der Waals surface area contributed by atoms with Crippen LogP contribution in [0.4, 0.5) is 5.82 Å². The number of amides is 1. The van der Waals surface area contributed by atoms with Gasteiger partial charge in [-0.15, -0.1) is 0 Å². The van der Waals surface area contributed by atoms with E-state index < -0.39 is 0 Å². The second kappa shape index (κ2) is 6.89. The lowest BCUT2D eigenvalue weighted by atomic mass is 10.1. The Bertz CT molecular complexity index is 353. The summed E-state index contributed by atoms with van der Waals surface area (Å²) in [6.07, 6.45) is 1.92. The molecule has 0 bridgehead atoms. The first-order valence-corrected chi connectivity index (χ1v) is 6.24. The maximum atomic E-state index is 11.8. The molecule has 1 heterocycles. The van der Waals surface area contributed by atoms with E-state index in [2.05, 4.69) is 22.5 Å². The van der Waals surface area contributed by atoms with Crippen LogP contribution in [0, 0.1) is 0 Å². The van der Waals surface area contributed by atoms with E-state index in [0.717, 1.165) is 30.9 Å². The molecule has 0 spiro atoms. The lowest BCUT2D eigenvalue weighted by Gasteiger charge is -2.09. The first-order valence-electron chi connectivity index (χ1n) is 6.24. The fourth-order valence-corrected chi connectivity index (χ4v) is 1.64. The van der Waals surface area contributed by atoms with Crippen LogP contribution >= 0.6 is 0 Å². The SMILES string of the molecule is CCCc1cc(C(=O)NCC)cc(NCC)n1. The van der Waals surface area contributed by atoms with Crippen LogP contribution in [0.5, 0.6) is 0 Å². The Morgan fingerprint density at radius 1 is 1.24 bits per heavy atom. The zero-order chi connectivity index (χ0) is 12.7. The summed E-state index contributed by atoms with van der Waals surface area (Å²) in [6, 6.07) is 3.67. The molecule has 0 radical (unpaired) electrons. The van der Waals surface area contributed by atoms with E-state index in [-0.39, 0.29) is 5.91 Å². The third-order valence-corrected chi connectivity index (χ3v) is 2.34. The van der Waals surface area contributed by atoms with Gasteiger partial charge < -0.3 is 10.6 Å². The van der Waals surface area contributed by atoms with Crippen molar-refractivity contribution in [3.05, 3.63) is 23.4 Å². The van der Waals surface area contributed by atoms with Gasteiger partial charge in [-0.25, -0.2) is 4.98 Å². The van der Waals surface area contributed by atoms with Crippen LogP contribution in [0.15, 0.2) is 12.1 Å². The van der Waals surface area contributed by atoms with Crippen LogP contribution in [0.3, 0.4) is 0 Å². The minimum atomic E-state index is -0.0357. The molecular weight excluding hydrogens is 214 g/mol. The highest BCUT2D eigenvalue weighted by Gasteiger charge is 2.08. The number of pyridine rings is 1. The molecule has 1 rings (SSSR count). The second-order valence-corrected chi connectivity index (χ2v) is 3.87. The number of carbonyl (C=O) groups excluding carboxylic acids is 1. The number of anilines is 1. The Morgan fingerprint density at radius 3 is 2.59 bits per heavy atom. The monoisotopic (exact) mass is 235 g/mol. The number of aryl methyl sites for hydroxylation is 1. The van der Waals surface area contributed by atoms with Crippen LogP contribution in [0.25, 0.3) is 0 Å². The largest absolute Gasteiger partial charge is 0.370 e. The molecule has 4 nitrogen and oxygen atoms in total. The van der Waals surface area contributed by atoms with Crippen molar-refractivity contribution in [3.63, 3.8) is 0 Å². The third kappa shape index (κ3) is 4.06. The van der Waals surface area contributed by atoms with Gasteiger partial charge in [0.2, 0.25) is 0 Å². The third-order valence-electron chi connectivity index (χ3n) is 2.34. The van der Waals surface area contributed by atoms with Gasteiger partial charge in [-0.2, -0.15) is 0 Å². The zero-order valence-corrected chi connectivity index (χ0v) is 10.8. The Kier molecular flexibility index (Phi) is 5.46. The van der Waals surface area contributed by atoms with Crippen LogP contribution < -0.4 is 10.6 Å². The maximum Gasteiger partial charge on any atom is 0.251 e. The van der Waals surface area contributed by atoms with Gasteiger partial charge >= 0.3 is 0 Å². The molecule has 2 N–H and O–H groups in total. The van der Waals surface area contributed by atoms with E-state index in [0.29, 0.717) is 12.1 Å². The van der Waals surface area contributed by atoms with Crippen molar-refractivity contribution in [2.45, 2.75) is 33.6 Å². The topological polar surface area (TPSA) is 54.0 Å². The summed E-state index contributed by atoms with van der Waals surface area (Å²) in [5.41, 5.74) is 1.65. The van der Waals surface area contributed by atoms with Crippen molar-refractivity contribution in [3.8, 4) is 0 Å². The molecule has 0 aliphatic carbocycles. The van der Waals surface area contributed by atoms with E-state index in [1.54, 1.807) is 6.07 Å². The van der Waals surface area contributed by atoms with E-state index in [1.807, 2.05) is 19.9 Å². The molecular formula is C13H21N3O. The van der Waals surface area contributed by atoms with E-state index in [1.165, 1.54) is 0 Å². The Balaban J connectivity index is 2.98. The van der Waals surface area contributed by atoms with E-state index >= 15 is 0 Å². The van der Waals surface area contributed by atoms with Gasteiger partial charge in [-0.05, 0) is 32.4 Å². The van der Waals surface area contributed by atoms with Gasteiger partial charge in [0, 0.05) is 24.3 Å². The number of carbonyl (C=O) groups is 1. The Morgan fingerprint density at radius 2 is 2.00 bits per heavy atom. The lowest BCUT2D eigenvalue weighted by Crippen LogP contribution is -2.23. The molecule has 1 aromatic heterocycles. The highest BCUT2D eigenvalue weighted by atomic mass is 16.1. The van der Waals surface area contributed by atoms with Crippen molar-refractivity contribution >= 4 is 11.7 Å². The second-order valence-electron chi connectivity index (χ2n) is 3.87. The van der Waals surface area contributed by atoms with Crippen molar-refractivity contribution in [1.82, 2.24) is 10.3 Å². The highest BCUT2D eigenvalue weighted by Crippen LogP contribution is 2.12. The molecule has 0 saturated carbocycles. The minimum absolute atomic E-state index is 0.0357. The smallest absolute Gasteiger partial charge is 0.251 e. The number of rotatable bonds is 6. The van der Waals surface area contributed by atoms with Crippen LogP contribution in [-0.2, 0) is 6.42 Å². The molecule has 0 aromatic carbocycles. The summed E-state index contributed by atoms with van der Waals surface area (Å²) in [5, 5.41) is 5.96. The van der Waals surface area contributed by atoms with Gasteiger partial charge in [0.1, 0.15) is 5.82 Å². The van der Waals surface area contributed by atoms with Crippen molar-refractivity contribution in [2.24, 2.45) is 0 Å². The summed E-state index contributed by atoms with van der Waals surface area (Å²) in [6.45, 7) is 7.48. The maximum absolute atomic E-state index is 11.8. The molecule has 94 valence electrons. The van der Waals surface area contributed by atoms with Crippen molar-refractivity contribution in [2.75, 3.05) is 18.4 Å². The predicted octanol–water partition coefficient (Wildman–Crippen LogP) is 2.22. The van der Waals surface area contributed by atoms with Gasteiger partial charge in [-0.3, -0.25) is 4.79 Å². The average Bonchev–Trinajstić information content (AvgIpc) is 2.30. The number of nitrogens with zero attached hydrogens (tertiary/aromatic N) is 1. The van der Waals surface area contributed by atoms with Gasteiger partial charge in [0.25, 0.3) is 5.91 Å². The molecule has 0 aliphatic rings. The van der Waals surface area contributed by atoms with Gasteiger partial charge in [-0.1, -0.05) is 13.3 Å². The molecule has 0 saturated heterocycles. The normalized spacial score (nSPS) is 10.1. The van der Waals surface area contributed by atoms with Crippen LogP contribution in [0.1, 0.15) is 43.2 Å². The first-order chi connectivity index (χ1) is 8.21. The zero-order valence-electron chi connectivity index (χ0n) is 10.8. The molecule has 0 unspecified atom stereocenters. The quantitative estimate of drug-likeness (QED) is 0.795. The number of aromatic nitrogens is 1. The number of hydrogen-bond donors (Lipinski definition) is 2. The molecule has 17 heavy (non-hydrogen) atoms. The van der Waals surface area contributed by atoms with E-state index in [4.69, 9.17) is 0 Å². The molecule has 4 heteroatoms. The summed E-state index contributed by atoms with van der Waals surface area (Å²) in [4.78, 5) is 16.3. The average molecular weight is 235 g/mol. The number of nitrogens with one attached hydrogen (secondary N) is 2. The highest BCUT2D eigenvalue weighted by molar-refractivity contribution is 5.94. The van der Waals surface area contributed by atoms with Crippen LogP contribution in [-0.4, -0.2) is 24.0 Å². The minimum Gasteiger partial charge on any atom is -0.370 e. The summed E-state index contributed by atoms with van der Waals surface area (Å²) in [5.74, 6) is 0.742. The Labute approximate surface area is 103 Å². The fraction of sp³-hybridized carbons (Fsp3) is 0.538. The van der Waals surface area contributed by atoms with E-state index in [9.17, 15) is 4.79 Å². The number of hydrogen-bond acceptors (Lipinski definition) is 3. The molecule has 0 atom stereocenters. The van der Waals surface area contributed by atoms with Crippen molar-refractivity contribution in [1.29, 1.82) is 0 Å². The standard InChI is InChI=1S/C13H21N3O/c1-4-7-11-8-10(13(17)15-6-3)9-12(16-11)14-5-2/h8-9H,4-7H2,1-3H3,(H,14,16)(H,15,17). The van der Waals surface area contributed by atoms with Gasteiger partial charge in [0.15, 0.2) is 0 Å². The summed E-state index contributed by atoms with van der Waals surface area (Å²) >= 11 is 0. The summed E-state index contributed by atoms with van der Waals surface area (Å²) in [7, 11) is 0. The predicted molar refractivity (Wildman–Crippen MR) is 70.4 cm³/mol.